The van der Waals surface area contributed by atoms with E-state index in [1.165, 1.54) is 43.6 Å². The standard InChI is InChI=1S/C19H22N2O6S/c1-13(22)20-16-10-15(8-9-17(16)25-3)28(23,24)21(2)11-14-12-26-18-6-4-5-7-19(18)27-14/h4-10,14H,11-12H2,1-3H3,(H,20,22). The minimum atomic E-state index is -3.81. The zero-order valence-electron chi connectivity index (χ0n) is 15.8. The van der Waals surface area contributed by atoms with Crippen LogP contribution in [0.1, 0.15) is 6.92 Å². The fourth-order valence-electron chi connectivity index (χ4n) is 2.85. The monoisotopic (exact) mass is 406 g/mol. The highest BCUT2D eigenvalue weighted by Gasteiger charge is 2.28. The Labute approximate surface area is 164 Å². The number of hydrogen-bond donors (Lipinski definition) is 1. The van der Waals surface area contributed by atoms with Crippen LogP contribution in [0.3, 0.4) is 0 Å². The maximum atomic E-state index is 13.0. The second-order valence-electron chi connectivity index (χ2n) is 6.33. The molecule has 1 aliphatic heterocycles. The lowest BCUT2D eigenvalue weighted by Crippen LogP contribution is -2.41. The Hall–Kier alpha value is -2.78. The summed E-state index contributed by atoms with van der Waals surface area (Å²) in [5, 5.41) is 2.58. The maximum absolute atomic E-state index is 13.0. The molecule has 0 saturated heterocycles. The number of nitrogens with zero attached hydrogens (tertiary/aromatic N) is 1. The molecule has 1 atom stereocenters. The van der Waals surface area contributed by atoms with Crippen LogP contribution in [-0.4, -0.2) is 52.0 Å². The number of methoxy groups -OCH3 is 1. The van der Waals surface area contributed by atoms with E-state index in [0.717, 1.165) is 0 Å². The molecule has 150 valence electrons. The van der Waals surface area contributed by atoms with Gasteiger partial charge in [-0.25, -0.2) is 8.42 Å². The van der Waals surface area contributed by atoms with Gasteiger partial charge in [-0.1, -0.05) is 12.1 Å². The zero-order chi connectivity index (χ0) is 20.3. The van der Waals surface area contributed by atoms with Crippen LogP contribution in [0.2, 0.25) is 0 Å². The molecule has 0 spiro atoms. The summed E-state index contributed by atoms with van der Waals surface area (Å²) in [5.74, 6) is 1.27. The third kappa shape index (κ3) is 4.20. The second kappa shape index (κ2) is 8.07. The number of nitrogens with one attached hydrogen (secondary N) is 1. The number of rotatable bonds is 6. The Morgan fingerprint density at radius 3 is 2.64 bits per heavy atom. The topological polar surface area (TPSA) is 94.2 Å². The highest BCUT2D eigenvalue weighted by Crippen LogP contribution is 2.32. The molecule has 0 radical (unpaired) electrons. The first-order valence-corrected chi connectivity index (χ1v) is 10.1. The van der Waals surface area contributed by atoms with Crippen molar-refractivity contribution in [3.8, 4) is 17.2 Å². The van der Waals surface area contributed by atoms with Crippen molar-refractivity contribution >= 4 is 21.6 Å². The molecule has 1 amide bonds. The van der Waals surface area contributed by atoms with Gasteiger partial charge in [0.05, 0.1) is 24.2 Å². The molecule has 0 bridgehead atoms. The van der Waals surface area contributed by atoms with E-state index in [2.05, 4.69) is 5.32 Å². The van der Waals surface area contributed by atoms with E-state index in [1.807, 2.05) is 12.1 Å². The van der Waals surface area contributed by atoms with Crippen LogP contribution in [-0.2, 0) is 14.8 Å². The Balaban J connectivity index is 1.78. The first-order valence-electron chi connectivity index (χ1n) is 8.61. The number of amides is 1. The summed E-state index contributed by atoms with van der Waals surface area (Å²) in [6, 6.07) is 11.6. The quantitative estimate of drug-likeness (QED) is 0.790. The van der Waals surface area contributed by atoms with Gasteiger partial charge in [-0.05, 0) is 30.3 Å². The van der Waals surface area contributed by atoms with Crippen molar-refractivity contribution in [2.75, 3.05) is 32.6 Å². The fraction of sp³-hybridized carbons (Fsp3) is 0.316. The first kappa shape index (κ1) is 20.0. The van der Waals surface area contributed by atoms with Gasteiger partial charge < -0.3 is 19.5 Å². The van der Waals surface area contributed by atoms with Crippen molar-refractivity contribution in [1.29, 1.82) is 0 Å². The summed E-state index contributed by atoms with van der Waals surface area (Å²) in [4.78, 5) is 11.4. The largest absolute Gasteiger partial charge is 0.495 e. The highest BCUT2D eigenvalue weighted by molar-refractivity contribution is 7.89. The van der Waals surface area contributed by atoms with Crippen LogP contribution >= 0.6 is 0 Å². The summed E-state index contributed by atoms with van der Waals surface area (Å²) >= 11 is 0. The van der Waals surface area contributed by atoms with Crippen molar-refractivity contribution in [3.05, 3.63) is 42.5 Å². The molecule has 1 aliphatic rings. The Morgan fingerprint density at radius 2 is 1.96 bits per heavy atom. The molecule has 0 aliphatic carbocycles. The molecule has 9 heteroatoms. The lowest BCUT2D eigenvalue weighted by molar-refractivity contribution is -0.114. The third-order valence-corrected chi connectivity index (χ3v) is 6.04. The second-order valence-corrected chi connectivity index (χ2v) is 8.37. The lowest BCUT2D eigenvalue weighted by atomic mass is 10.2. The number of carbonyl (C=O) groups is 1. The molecule has 1 unspecified atom stereocenters. The van der Waals surface area contributed by atoms with Crippen molar-refractivity contribution < 1.29 is 27.4 Å². The molecule has 0 saturated carbocycles. The average Bonchev–Trinajstić information content (AvgIpc) is 2.67. The average molecular weight is 406 g/mol. The van der Waals surface area contributed by atoms with Gasteiger partial charge in [-0.2, -0.15) is 4.31 Å². The summed E-state index contributed by atoms with van der Waals surface area (Å²) in [5.41, 5.74) is 0.288. The number of hydrogen-bond acceptors (Lipinski definition) is 6. The predicted molar refractivity (Wildman–Crippen MR) is 103 cm³/mol. The van der Waals surface area contributed by atoms with Gasteiger partial charge in [0.15, 0.2) is 11.5 Å². The molecular weight excluding hydrogens is 384 g/mol. The normalized spacial score (nSPS) is 15.9. The minimum absolute atomic E-state index is 0.0386. The number of anilines is 1. The molecule has 0 fully saturated rings. The van der Waals surface area contributed by atoms with Crippen LogP contribution in [0.25, 0.3) is 0 Å². The summed E-state index contributed by atoms with van der Waals surface area (Å²) < 4.78 is 43.8. The van der Waals surface area contributed by atoms with E-state index >= 15 is 0 Å². The fourth-order valence-corrected chi connectivity index (χ4v) is 4.08. The number of para-hydroxylation sites is 2. The van der Waals surface area contributed by atoms with Crippen LogP contribution in [0, 0.1) is 0 Å². The number of carbonyl (C=O) groups excluding carboxylic acids is 1. The van der Waals surface area contributed by atoms with Crippen LogP contribution in [0.4, 0.5) is 5.69 Å². The van der Waals surface area contributed by atoms with Gasteiger partial charge in [-0.3, -0.25) is 4.79 Å². The summed E-state index contributed by atoms with van der Waals surface area (Å²) in [7, 11) is -0.891. The van der Waals surface area contributed by atoms with Crippen molar-refractivity contribution in [1.82, 2.24) is 4.31 Å². The molecule has 1 heterocycles. The van der Waals surface area contributed by atoms with Crippen LogP contribution in [0.15, 0.2) is 47.4 Å². The molecule has 3 rings (SSSR count). The van der Waals surface area contributed by atoms with Gasteiger partial charge in [0.25, 0.3) is 0 Å². The van der Waals surface area contributed by atoms with Gasteiger partial charge in [0.2, 0.25) is 15.9 Å². The van der Waals surface area contributed by atoms with E-state index in [4.69, 9.17) is 14.2 Å². The number of fused-ring (bicyclic) bond motifs is 1. The molecule has 28 heavy (non-hydrogen) atoms. The Bertz CT molecular complexity index is 976. The SMILES string of the molecule is COc1ccc(S(=O)(=O)N(C)CC2COc3ccccc3O2)cc1NC(C)=O. The number of ether oxygens (including phenoxy) is 3. The minimum Gasteiger partial charge on any atom is -0.495 e. The van der Waals surface area contributed by atoms with E-state index in [-0.39, 0.29) is 29.6 Å². The van der Waals surface area contributed by atoms with E-state index in [0.29, 0.717) is 17.2 Å². The molecule has 0 aromatic heterocycles. The number of likely N-dealkylation sites (N-methyl/N-ethyl adjacent to an activating group) is 1. The molecular formula is C19H22N2O6S. The predicted octanol–water partition coefficient (Wildman–Crippen LogP) is 2.11. The molecule has 8 nitrogen and oxygen atoms in total. The van der Waals surface area contributed by atoms with Crippen molar-refractivity contribution in [3.63, 3.8) is 0 Å². The Morgan fingerprint density at radius 1 is 1.25 bits per heavy atom. The molecule has 2 aromatic rings. The lowest BCUT2D eigenvalue weighted by Gasteiger charge is -2.29. The van der Waals surface area contributed by atoms with E-state index in [9.17, 15) is 13.2 Å². The number of sulfonamides is 1. The molecule has 1 N–H and O–H groups in total. The van der Waals surface area contributed by atoms with E-state index < -0.39 is 16.1 Å². The maximum Gasteiger partial charge on any atom is 0.243 e. The van der Waals surface area contributed by atoms with Crippen molar-refractivity contribution in [2.24, 2.45) is 0 Å². The Kier molecular flexibility index (Phi) is 5.76. The van der Waals surface area contributed by atoms with Gasteiger partial charge in [0, 0.05) is 14.0 Å². The number of benzene rings is 2. The zero-order valence-corrected chi connectivity index (χ0v) is 16.7. The van der Waals surface area contributed by atoms with Crippen LogP contribution in [0.5, 0.6) is 17.2 Å². The molecule has 2 aromatic carbocycles. The van der Waals surface area contributed by atoms with Crippen molar-refractivity contribution in [2.45, 2.75) is 17.9 Å². The smallest absolute Gasteiger partial charge is 0.243 e. The van der Waals surface area contributed by atoms with Gasteiger partial charge >= 0.3 is 0 Å². The van der Waals surface area contributed by atoms with Crippen LogP contribution < -0.4 is 19.5 Å². The van der Waals surface area contributed by atoms with Gasteiger partial charge in [-0.15, -0.1) is 0 Å². The van der Waals surface area contributed by atoms with Gasteiger partial charge in [0.1, 0.15) is 18.5 Å². The first-order chi connectivity index (χ1) is 13.3. The highest BCUT2D eigenvalue weighted by atomic mass is 32.2. The third-order valence-electron chi connectivity index (χ3n) is 4.22. The van der Waals surface area contributed by atoms with E-state index in [1.54, 1.807) is 12.1 Å². The summed E-state index contributed by atoms with van der Waals surface area (Å²) in [6.45, 7) is 1.69. The summed E-state index contributed by atoms with van der Waals surface area (Å²) in [6.07, 6.45) is -0.442.